The van der Waals surface area contributed by atoms with Crippen molar-refractivity contribution in [1.82, 2.24) is 0 Å². The lowest BCUT2D eigenvalue weighted by Crippen LogP contribution is -2.10. The third-order valence-electron chi connectivity index (χ3n) is 3.65. The molecule has 0 aromatic heterocycles. The standard InChI is InChI=1S/C16H23NO2S/c17-16(20)14-7-3-8-15(11-14)19-10-4-9-18-12-13-5-1-2-6-13/h3,7-8,11,13H,1-2,4-6,9-10,12H2,(H2,17,20). The van der Waals surface area contributed by atoms with E-state index in [4.69, 9.17) is 27.4 Å². The van der Waals surface area contributed by atoms with Crippen molar-refractivity contribution in [2.24, 2.45) is 11.7 Å². The first kappa shape index (κ1) is 15.3. The number of nitrogens with two attached hydrogens (primary N) is 1. The van der Waals surface area contributed by atoms with Gasteiger partial charge >= 0.3 is 0 Å². The Morgan fingerprint density at radius 2 is 2.05 bits per heavy atom. The molecule has 1 aromatic rings. The number of benzene rings is 1. The van der Waals surface area contributed by atoms with Gasteiger partial charge in [-0.05, 0) is 30.9 Å². The summed E-state index contributed by atoms with van der Waals surface area (Å²) < 4.78 is 11.4. The van der Waals surface area contributed by atoms with Gasteiger partial charge in [0.2, 0.25) is 0 Å². The zero-order valence-electron chi connectivity index (χ0n) is 11.8. The van der Waals surface area contributed by atoms with Crippen molar-refractivity contribution < 1.29 is 9.47 Å². The molecule has 2 rings (SSSR count). The van der Waals surface area contributed by atoms with Crippen molar-refractivity contribution in [3.8, 4) is 5.75 Å². The van der Waals surface area contributed by atoms with Gasteiger partial charge in [-0.1, -0.05) is 37.2 Å². The lowest BCUT2D eigenvalue weighted by molar-refractivity contribution is 0.0906. The smallest absolute Gasteiger partial charge is 0.119 e. The predicted molar refractivity (Wildman–Crippen MR) is 85.2 cm³/mol. The molecule has 1 aliphatic carbocycles. The van der Waals surface area contributed by atoms with Gasteiger partial charge in [0.05, 0.1) is 6.61 Å². The first-order valence-corrected chi connectivity index (χ1v) is 7.77. The summed E-state index contributed by atoms with van der Waals surface area (Å²) in [5.74, 6) is 1.60. The van der Waals surface area contributed by atoms with Crippen LogP contribution in [0.5, 0.6) is 5.75 Å². The fourth-order valence-electron chi connectivity index (χ4n) is 2.52. The second-order valence-corrected chi connectivity index (χ2v) is 5.76. The van der Waals surface area contributed by atoms with Crippen molar-refractivity contribution in [2.75, 3.05) is 19.8 Å². The first-order valence-electron chi connectivity index (χ1n) is 7.36. The fraction of sp³-hybridized carbons (Fsp3) is 0.562. The average Bonchev–Trinajstić information content (AvgIpc) is 2.96. The van der Waals surface area contributed by atoms with Crippen LogP contribution >= 0.6 is 12.2 Å². The second-order valence-electron chi connectivity index (χ2n) is 5.32. The molecule has 2 N–H and O–H groups in total. The molecule has 4 heteroatoms. The minimum Gasteiger partial charge on any atom is -0.493 e. The highest BCUT2D eigenvalue weighted by Crippen LogP contribution is 2.24. The monoisotopic (exact) mass is 293 g/mol. The first-order chi connectivity index (χ1) is 9.75. The minimum atomic E-state index is 0.398. The zero-order chi connectivity index (χ0) is 14.2. The Morgan fingerprint density at radius 3 is 2.80 bits per heavy atom. The van der Waals surface area contributed by atoms with Gasteiger partial charge in [-0.3, -0.25) is 0 Å². The third-order valence-corrected chi connectivity index (χ3v) is 3.88. The van der Waals surface area contributed by atoms with Crippen molar-refractivity contribution in [3.05, 3.63) is 29.8 Å². The summed E-state index contributed by atoms with van der Waals surface area (Å²) in [6.07, 6.45) is 6.32. The van der Waals surface area contributed by atoms with Crippen molar-refractivity contribution in [2.45, 2.75) is 32.1 Å². The highest BCUT2D eigenvalue weighted by atomic mass is 32.1. The van der Waals surface area contributed by atoms with Gasteiger partial charge in [0, 0.05) is 25.2 Å². The van der Waals surface area contributed by atoms with Crippen LogP contribution in [0.3, 0.4) is 0 Å². The fourth-order valence-corrected chi connectivity index (χ4v) is 2.64. The molecule has 0 amide bonds. The van der Waals surface area contributed by atoms with Crippen molar-refractivity contribution in [1.29, 1.82) is 0 Å². The molecular weight excluding hydrogens is 270 g/mol. The summed E-state index contributed by atoms with van der Waals surface area (Å²) in [5.41, 5.74) is 6.44. The number of hydrogen-bond acceptors (Lipinski definition) is 3. The molecule has 0 saturated heterocycles. The quantitative estimate of drug-likeness (QED) is 0.590. The van der Waals surface area contributed by atoms with E-state index in [1.165, 1.54) is 25.7 Å². The minimum absolute atomic E-state index is 0.398. The van der Waals surface area contributed by atoms with E-state index in [2.05, 4.69) is 0 Å². The van der Waals surface area contributed by atoms with Crippen molar-refractivity contribution >= 4 is 17.2 Å². The maximum Gasteiger partial charge on any atom is 0.119 e. The van der Waals surface area contributed by atoms with E-state index in [1.807, 2.05) is 24.3 Å². The molecular formula is C16H23NO2S. The van der Waals surface area contributed by atoms with E-state index in [0.29, 0.717) is 11.6 Å². The van der Waals surface area contributed by atoms with E-state index < -0.39 is 0 Å². The molecule has 1 aromatic carbocycles. The van der Waals surface area contributed by atoms with Crippen LogP contribution in [-0.4, -0.2) is 24.8 Å². The van der Waals surface area contributed by atoms with Gasteiger partial charge in [-0.25, -0.2) is 0 Å². The average molecular weight is 293 g/mol. The van der Waals surface area contributed by atoms with Gasteiger partial charge in [0.15, 0.2) is 0 Å². The molecule has 0 spiro atoms. The van der Waals surface area contributed by atoms with Gasteiger partial charge in [0.25, 0.3) is 0 Å². The van der Waals surface area contributed by atoms with Crippen molar-refractivity contribution in [3.63, 3.8) is 0 Å². The van der Waals surface area contributed by atoms with Crippen LogP contribution in [0.2, 0.25) is 0 Å². The lowest BCUT2D eigenvalue weighted by atomic mass is 10.1. The maximum atomic E-state index is 5.70. The molecule has 1 saturated carbocycles. The molecule has 110 valence electrons. The molecule has 1 aliphatic rings. The topological polar surface area (TPSA) is 44.5 Å². The summed E-state index contributed by atoms with van der Waals surface area (Å²) in [7, 11) is 0. The Labute approximate surface area is 126 Å². The number of rotatable bonds is 8. The summed E-state index contributed by atoms with van der Waals surface area (Å²) in [6.45, 7) is 2.34. The highest BCUT2D eigenvalue weighted by Gasteiger charge is 2.14. The Kier molecular flexibility index (Phi) is 6.27. The van der Waals surface area contributed by atoms with Gasteiger partial charge in [-0.2, -0.15) is 0 Å². The van der Waals surface area contributed by atoms with Crippen LogP contribution in [0.25, 0.3) is 0 Å². The number of thiocarbonyl (C=S) groups is 1. The molecule has 20 heavy (non-hydrogen) atoms. The van der Waals surface area contributed by atoms with E-state index in [-0.39, 0.29) is 0 Å². The van der Waals surface area contributed by atoms with Gasteiger partial charge in [-0.15, -0.1) is 0 Å². The van der Waals surface area contributed by atoms with Gasteiger partial charge < -0.3 is 15.2 Å². The second kappa shape index (κ2) is 8.22. The van der Waals surface area contributed by atoms with E-state index in [0.717, 1.165) is 36.9 Å². The maximum absolute atomic E-state index is 5.70. The Morgan fingerprint density at radius 1 is 1.25 bits per heavy atom. The van der Waals surface area contributed by atoms with Crippen LogP contribution < -0.4 is 10.5 Å². The van der Waals surface area contributed by atoms with Crippen LogP contribution in [-0.2, 0) is 4.74 Å². The largest absolute Gasteiger partial charge is 0.493 e. The Bertz CT molecular complexity index is 430. The van der Waals surface area contributed by atoms with Crippen LogP contribution in [0.1, 0.15) is 37.7 Å². The molecule has 3 nitrogen and oxygen atoms in total. The molecule has 0 atom stereocenters. The lowest BCUT2D eigenvalue weighted by Gasteiger charge is -2.10. The van der Waals surface area contributed by atoms with Gasteiger partial charge in [0.1, 0.15) is 10.7 Å². The molecule has 0 bridgehead atoms. The summed E-state index contributed by atoms with van der Waals surface area (Å²) in [4.78, 5) is 0.398. The molecule has 0 heterocycles. The molecule has 0 unspecified atom stereocenters. The SMILES string of the molecule is NC(=S)c1cccc(OCCCOCC2CCCC2)c1. The van der Waals surface area contributed by atoms with Crippen LogP contribution in [0.15, 0.2) is 24.3 Å². The molecule has 0 aliphatic heterocycles. The highest BCUT2D eigenvalue weighted by molar-refractivity contribution is 7.80. The normalized spacial score (nSPS) is 15.4. The van der Waals surface area contributed by atoms with E-state index in [1.54, 1.807) is 0 Å². The van der Waals surface area contributed by atoms with Crippen LogP contribution in [0, 0.1) is 5.92 Å². The Hall–Kier alpha value is -1.13. The molecule has 0 radical (unpaired) electrons. The van der Waals surface area contributed by atoms with E-state index in [9.17, 15) is 0 Å². The predicted octanol–water partition coefficient (Wildman–Crippen LogP) is 3.30. The van der Waals surface area contributed by atoms with Crippen LogP contribution in [0.4, 0.5) is 0 Å². The Balaban J connectivity index is 1.58. The summed E-state index contributed by atoms with van der Waals surface area (Å²) in [5, 5.41) is 0. The zero-order valence-corrected chi connectivity index (χ0v) is 12.7. The molecule has 1 fully saturated rings. The number of ether oxygens (including phenoxy) is 2. The van der Waals surface area contributed by atoms with E-state index >= 15 is 0 Å². The third kappa shape index (κ3) is 5.10. The summed E-state index contributed by atoms with van der Waals surface area (Å²) >= 11 is 4.95. The summed E-state index contributed by atoms with van der Waals surface area (Å²) in [6, 6.07) is 7.59. The number of hydrogen-bond donors (Lipinski definition) is 1.